The van der Waals surface area contributed by atoms with E-state index in [1.54, 1.807) is 0 Å². The average molecular weight is 236 g/mol. The summed E-state index contributed by atoms with van der Waals surface area (Å²) in [5.74, 6) is 2.07. The van der Waals surface area contributed by atoms with Gasteiger partial charge in [-0.25, -0.2) is 4.98 Å². The number of nitrogens with zero attached hydrogens (tertiary/aromatic N) is 2. The van der Waals surface area contributed by atoms with Crippen molar-refractivity contribution < 1.29 is 0 Å². The Balaban J connectivity index is 2.84. The van der Waals surface area contributed by atoms with Gasteiger partial charge in [-0.3, -0.25) is 0 Å². The molecule has 0 aliphatic carbocycles. The van der Waals surface area contributed by atoms with Crippen LogP contribution in [0.2, 0.25) is 0 Å². The van der Waals surface area contributed by atoms with Gasteiger partial charge in [-0.2, -0.15) is 4.98 Å². The molecule has 0 atom stereocenters. The Labute approximate surface area is 104 Å². The van der Waals surface area contributed by atoms with Crippen LogP contribution < -0.4 is 10.6 Å². The molecule has 4 heteroatoms. The van der Waals surface area contributed by atoms with Crippen molar-refractivity contribution in [3.63, 3.8) is 0 Å². The summed E-state index contributed by atoms with van der Waals surface area (Å²) in [5.41, 5.74) is 1.08. The van der Waals surface area contributed by atoms with Crippen molar-refractivity contribution in [2.45, 2.75) is 46.5 Å². The summed E-state index contributed by atoms with van der Waals surface area (Å²) >= 11 is 0. The molecular weight excluding hydrogens is 212 g/mol. The minimum absolute atomic E-state index is 0.419. The van der Waals surface area contributed by atoms with Crippen molar-refractivity contribution in [1.29, 1.82) is 0 Å². The Bertz CT molecular complexity index is 310. The minimum atomic E-state index is 0.419. The molecule has 1 rings (SSSR count). The molecular formula is C13H24N4. The van der Waals surface area contributed by atoms with Gasteiger partial charge in [-0.1, -0.05) is 27.7 Å². The van der Waals surface area contributed by atoms with Gasteiger partial charge in [-0.15, -0.1) is 0 Å². The average Bonchev–Trinajstić information content (AvgIpc) is 2.33. The van der Waals surface area contributed by atoms with Gasteiger partial charge in [0.05, 0.1) is 5.69 Å². The predicted octanol–water partition coefficient (Wildman–Crippen LogP) is 3.24. The highest BCUT2D eigenvalue weighted by molar-refractivity contribution is 5.43. The lowest BCUT2D eigenvalue weighted by Crippen LogP contribution is -2.10. The molecule has 0 aliphatic rings. The van der Waals surface area contributed by atoms with Crippen LogP contribution in [0, 0.1) is 0 Å². The van der Waals surface area contributed by atoms with Crippen LogP contribution in [0.1, 0.15) is 52.1 Å². The predicted molar refractivity (Wildman–Crippen MR) is 73.7 cm³/mol. The molecule has 0 unspecified atom stereocenters. The third-order valence-corrected chi connectivity index (χ3v) is 2.43. The van der Waals surface area contributed by atoms with Crippen LogP contribution in [-0.2, 0) is 0 Å². The second kappa shape index (κ2) is 7.09. The largest absolute Gasteiger partial charge is 0.370 e. The first kappa shape index (κ1) is 13.7. The number of anilines is 2. The maximum atomic E-state index is 4.52. The van der Waals surface area contributed by atoms with Gasteiger partial charge in [0, 0.05) is 19.2 Å². The molecule has 1 aromatic rings. The summed E-state index contributed by atoms with van der Waals surface area (Å²) < 4.78 is 0. The first-order valence-electron chi connectivity index (χ1n) is 6.54. The third-order valence-electron chi connectivity index (χ3n) is 2.43. The zero-order chi connectivity index (χ0) is 12.7. The van der Waals surface area contributed by atoms with Crippen molar-refractivity contribution in [3.05, 3.63) is 11.8 Å². The van der Waals surface area contributed by atoms with Crippen molar-refractivity contribution in [3.8, 4) is 0 Å². The fraction of sp³-hybridized carbons (Fsp3) is 0.692. The zero-order valence-electron chi connectivity index (χ0n) is 11.4. The molecule has 0 bridgehead atoms. The van der Waals surface area contributed by atoms with Gasteiger partial charge in [0.2, 0.25) is 5.95 Å². The maximum absolute atomic E-state index is 4.52. The Morgan fingerprint density at radius 3 is 2.29 bits per heavy atom. The second-order valence-corrected chi connectivity index (χ2v) is 4.51. The van der Waals surface area contributed by atoms with Crippen LogP contribution in [0.5, 0.6) is 0 Å². The Morgan fingerprint density at radius 1 is 1.06 bits per heavy atom. The topological polar surface area (TPSA) is 49.8 Å². The fourth-order valence-electron chi connectivity index (χ4n) is 1.42. The van der Waals surface area contributed by atoms with Crippen molar-refractivity contribution >= 4 is 11.8 Å². The maximum Gasteiger partial charge on any atom is 0.224 e. The Hall–Kier alpha value is -1.32. The highest BCUT2D eigenvalue weighted by Crippen LogP contribution is 2.17. The number of nitrogens with one attached hydrogen (secondary N) is 2. The van der Waals surface area contributed by atoms with Gasteiger partial charge in [0.15, 0.2) is 0 Å². The highest BCUT2D eigenvalue weighted by Gasteiger charge is 2.06. The Kier molecular flexibility index (Phi) is 5.73. The highest BCUT2D eigenvalue weighted by atomic mass is 15.1. The first-order chi connectivity index (χ1) is 8.17. The van der Waals surface area contributed by atoms with E-state index in [0.29, 0.717) is 5.92 Å². The lowest BCUT2D eigenvalue weighted by Gasteiger charge is -2.12. The van der Waals surface area contributed by atoms with Gasteiger partial charge in [-0.05, 0) is 18.8 Å². The molecule has 0 spiro atoms. The van der Waals surface area contributed by atoms with E-state index in [9.17, 15) is 0 Å². The van der Waals surface area contributed by atoms with E-state index in [1.807, 2.05) is 6.07 Å². The molecule has 0 saturated heterocycles. The van der Waals surface area contributed by atoms with E-state index in [4.69, 9.17) is 0 Å². The normalized spacial score (nSPS) is 10.6. The summed E-state index contributed by atoms with van der Waals surface area (Å²) in [5, 5.41) is 6.56. The van der Waals surface area contributed by atoms with E-state index in [2.05, 4.69) is 48.3 Å². The van der Waals surface area contributed by atoms with E-state index >= 15 is 0 Å². The summed E-state index contributed by atoms with van der Waals surface area (Å²) in [6.45, 7) is 10.4. The summed E-state index contributed by atoms with van der Waals surface area (Å²) in [6.07, 6.45) is 2.17. The van der Waals surface area contributed by atoms with E-state index < -0.39 is 0 Å². The SMILES string of the molecule is CCCNc1cc(C(C)C)nc(NCCC)n1. The third kappa shape index (κ3) is 4.59. The second-order valence-electron chi connectivity index (χ2n) is 4.51. The summed E-state index contributed by atoms with van der Waals surface area (Å²) in [4.78, 5) is 8.97. The first-order valence-corrected chi connectivity index (χ1v) is 6.54. The van der Waals surface area contributed by atoms with Crippen molar-refractivity contribution in [2.24, 2.45) is 0 Å². The van der Waals surface area contributed by atoms with Crippen LogP contribution in [0.25, 0.3) is 0 Å². The molecule has 96 valence electrons. The molecule has 0 saturated carbocycles. The number of aromatic nitrogens is 2. The van der Waals surface area contributed by atoms with Gasteiger partial charge in [0.1, 0.15) is 5.82 Å². The number of rotatable bonds is 7. The van der Waals surface area contributed by atoms with E-state index in [0.717, 1.165) is 43.4 Å². The van der Waals surface area contributed by atoms with Crippen LogP contribution in [-0.4, -0.2) is 23.1 Å². The molecule has 0 aliphatic heterocycles. The summed E-state index contributed by atoms with van der Waals surface area (Å²) in [6, 6.07) is 2.04. The van der Waals surface area contributed by atoms with E-state index in [1.165, 1.54) is 0 Å². The smallest absolute Gasteiger partial charge is 0.224 e. The summed E-state index contributed by atoms with van der Waals surface area (Å²) in [7, 11) is 0. The minimum Gasteiger partial charge on any atom is -0.370 e. The fourth-order valence-corrected chi connectivity index (χ4v) is 1.42. The molecule has 4 nitrogen and oxygen atoms in total. The zero-order valence-corrected chi connectivity index (χ0v) is 11.4. The van der Waals surface area contributed by atoms with Crippen LogP contribution >= 0.6 is 0 Å². The molecule has 17 heavy (non-hydrogen) atoms. The monoisotopic (exact) mass is 236 g/mol. The molecule has 1 aromatic heterocycles. The van der Waals surface area contributed by atoms with Crippen molar-refractivity contribution in [2.75, 3.05) is 23.7 Å². The quantitative estimate of drug-likeness (QED) is 0.763. The van der Waals surface area contributed by atoms with Gasteiger partial charge >= 0.3 is 0 Å². The molecule has 0 fully saturated rings. The molecule has 2 N–H and O–H groups in total. The van der Waals surface area contributed by atoms with Gasteiger partial charge < -0.3 is 10.6 Å². The number of hydrogen-bond acceptors (Lipinski definition) is 4. The van der Waals surface area contributed by atoms with Gasteiger partial charge in [0.25, 0.3) is 0 Å². The van der Waals surface area contributed by atoms with Crippen LogP contribution in [0.15, 0.2) is 6.07 Å². The standard InChI is InChI=1S/C13H24N4/c1-5-7-14-12-9-11(10(3)4)16-13(17-12)15-8-6-2/h9-10H,5-8H2,1-4H3,(H2,14,15,16,17). The lowest BCUT2D eigenvalue weighted by molar-refractivity contribution is 0.811. The molecule has 1 heterocycles. The molecule has 0 radical (unpaired) electrons. The number of hydrogen-bond donors (Lipinski definition) is 2. The van der Waals surface area contributed by atoms with Crippen LogP contribution in [0.3, 0.4) is 0 Å². The van der Waals surface area contributed by atoms with E-state index in [-0.39, 0.29) is 0 Å². The van der Waals surface area contributed by atoms with Crippen molar-refractivity contribution in [1.82, 2.24) is 9.97 Å². The van der Waals surface area contributed by atoms with Crippen LogP contribution in [0.4, 0.5) is 11.8 Å². The molecule has 0 aromatic carbocycles. The molecule has 0 amide bonds. The Morgan fingerprint density at radius 2 is 1.71 bits per heavy atom. The lowest BCUT2D eigenvalue weighted by atomic mass is 10.1.